The van der Waals surface area contributed by atoms with Gasteiger partial charge in [0.1, 0.15) is 17.2 Å². The Morgan fingerprint density at radius 2 is 1.90 bits per heavy atom. The van der Waals surface area contributed by atoms with E-state index in [0.717, 1.165) is 5.56 Å². The predicted molar refractivity (Wildman–Crippen MR) is 160 cm³/mol. The van der Waals surface area contributed by atoms with Crippen LogP contribution in [0, 0.1) is 0 Å². The minimum atomic E-state index is -0.615. The molecule has 12 heteroatoms. The molecule has 0 bridgehead atoms. The van der Waals surface area contributed by atoms with Crippen molar-refractivity contribution in [1.29, 1.82) is 0 Å². The Balaban J connectivity index is 1.68. The number of hydrogen-bond acceptors (Lipinski definition) is 10. The van der Waals surface area contributed by atoms with Crippen LogP contribution < -0.4 is 21.3 Å². The molecule has 12 nitrogen and oxygen atoms in total. The van der Waals surface area contributed by atoms with Gasteiger partial charge in [0.15, 0.2) is 0 Å². The van der Waals surface area contributed by atoms with Crippen LogP contribution in [0.2, 0.25) is 0 Å². The number of likely N-dealkylation sites (N-methyl/N-ethyl adjacent to an activating group) is 1. The van der Waals surface area contributed by atoms with E-state index in [2.05, 4.69) is 20.3 Å². The normalized spacial score (nSPS) is 11.7. The maximum atomic E-state index is 14.4. The third kappa shape index (κ3) is 5.47. The van der Waals surface area contributed by atoms with Gasteiger partial charge in [-0.2, -0.15) is 4.98 Å². The quantitative estimate of drug-likeness (QED) is 0.242. The number of pyridine rings is 1. The summed E-state index contributed by atoms with van der Waals surface area (Å²) in [5.74, 6) is 0.562. The second kappa shape index (κ2) is 12.0. The lowest BCUT2D eigenvalue weighted by Crippen LogP contribution is -2.31. The number of aliphatic hydroxyl groups excluding tert-OH is 1. The highest BCUT2D eigenvalue weighted by Crippen LogP contribution is 2.30. The maximum absolute atomic E-state index is 14.4. The molecule has 3 aromatic heterocycles. The fraction of sp³-hybridized carbons (Fsp3) is 0.200. The first-order chi connectivity index (χ1) is 20.3. The molecule has 4 N–H and O–H groups in total. The van der Waals surface area contributed by atoms with E-state index in [9.17, 15) is 14.7 Å². The lowest BCUT2D eigenvalue weighted by molar-refractivity contribution is 0.0767. The summed E-state index contributed by atoms with van der Waals surface area (Å²) in [6.07, 6.45) is 2.96. The summed E-state index contributed by atoms with van der Waals surface area (Å²) in [7, 11) is 3.10. The molecule has 1 amide bonds. The van der Waals surface area contributed by atoms with Crippen LogP contribution in [0.4, 0.5) is 11.8 Å². The number of carbonyl (C=O) groups is 1. The number of aliphatic hydroxyl groups is 1. The molecular formula is C30H30N8O4. The number of nitrogens with zero attached hydrogens (tertiary/aromatic N) is 6. The fourth-order valence-corrected chi connectivity index (χ4v) is 4.68. The zero-order valence-electron chi connectivity index (χ0n) is 23.4. The van der Waals surface area contributed by atoms with Crippen LogP contribution in [0.15, 0.2) is 77.9 Å². The summed E-state index contributed by atoms with van der Waals surface area (Å²) in [4.78, 5) is 46.2. The highest BCUT2D eigenvalue weighted by Gasteiger charge is 2.24. The number of ether oxygens (including phenoxy) is 1. The Hall–Kier alpha value is -5.36. The smallest absolute Gasteiger partial charge is 0.266 e. The number of fused-ring (bicyclic) bond motifs is 1. The Labute approximate surface area is 241 Å². The van der Waals surface area contributed by atoms with Crippen molar-refractivity contribution in [2.45, 2.75) is 13.0 Å². The number of nitrogens with two attached hydrogens (primary N) is 1. The zero-order valence-corrected chi connectivity index (χ0v) is 23.4. The number of anilines is 2. The van der Waals surface area contributed by atoms with Gasteiger partial charge in [0.05, 0.1) is 36.3 Å². The standard InChI is InChI=1S/C30H30N8O4/c1-18(34-26-22(17-33-30(31)36-26)28(40)37(2)14-15-39)27-35-23-11-7-10-21(19-12-13-32-24(16-19)42-3)25(23)29(41)38(27)20-8-5-4-6-9-20/h4-13,16-18,39H,14-15H2,1-3H3,(H3,31,33,34,36)/t18-/m0/s1. The summed E-state index contributed by atoms with van der Waals surface area (Å²) in [6, 6.07) is 17.6. The third-order valence-electron chi connectivity index (χ3n) is 6.75. The van der Waals surface area contributed by atoms with E-state index in [1.807, 2.05) is 55.5 Å². The summed E-state index contributed by atoms with van der Waals surface area (Å²) >= 11 is 0. The van der Waals surface area contributed by atoms with Crippen LogP contribution in [0.3, 0.4) is 0 Å². The van der Waals surface area contributed by atoms with Crippen LogP contribution >= 0.6 is 0 Å². The van der Waals surface area contributed by atoms with E-state index in [-0.39, 0.29) is 36.0 Å². The van der Waals surface area contributed by atoms with Gasteiger partial charge in [0.25, 0.3) is 11.5 Å². The van der Waals surface area contributed by atoms with Gasteiger partial charge in [0, 0.05) is 32.1 Å². The molecule has 5 aromatic rings. The number of para-hydroxylation sites is 1. The zero-order chi connectivity index (χ0) is 29.8. The number of carbonyl (C=O) groups excluding carboxylic acids is 1. The number of hydrogen-bond donors (Lipinski definition) is 3. The van der Waals surface area contributed by atoms with Crippen molar-refractivity contribution in [3.8, 4) is 22.7 Å². The molecule has 1 atom stereocenters. The van der Waals surface area contributed by atoms with Gasteiger partial charge in [0.2, 0.25) is 11.8 Å². The SMILES string of the molecule is COc1cc(-c2cccc3nc([C@H](C)Nc4nc(N)ncc4C(=O)N(C)CCO)n(-c4ccccc4)c(=O)c23)ccn1. The molecule has 0 unspecified atom stereocenters. The number of nitrogens with one attached hydrogen (secondary N) is 1. The number of nitrogen functional groups attached to an aromatic ring is 1. The number of methoxy groups -OCH3 is 1. The molecule has 0 saturated heterocycles. The molecule has 0 radical (unpaired) electrons. The molecule has 0 fully saturated rings. The van der Waals surface area contributed by atoms with Crippen molar-refractivity contribution in [3.05, 3.63) is 94.8 Å². The summed E-state index contributed by atoms with van der Waals surface area (Å²) < 4.78 is 6.85. The average molecular weight is 567 g/mol. The van der Waals surface area contributed by atoms with Crippen LogP contribution in [0.25, 0.3) is 27.7 Å². The summed E-state index contributed by atoms with van der Waals surface area (Å²) in [5, 5.41) is 12.9. The first-order valence-electron chi connectivity index (χ1n) is 13.2. The molecular weight excluding hydrogens is 536 g/mol. The molecule has 42 heavy (non-hydrogen) atoms. The Morgan fingerprint density at radius 3 is 2.64 bits per heavy atom. The topological polar surface area (TPSA) is 161 Å². The van der Waals surface area contributed by atoms with E-state index >= 15 is 0 Å². The van der Waals surface area contributed by atoms with Gasteiger partial charge in [-0.25, -0.2) is 15.0 Å². The highest BCUT2D eigenvalue weighted by atomic mass is 16.5. The Kier molecular flexibility index (Phi) is 8.07. The van der Waals surface area contributed by atoms with Gasteiger partial charge in [-0.15, -0.1) is 0 Å². The molecule has 0 spiro atoms. The van der Waals surface area contributed by atoms with Gasteiger partial charge in [-0.3, -0.25) is 14.2 Å². The van der Waals surface area contributed by atoms with Crippen molar-refractivity contribution in [1.82, 2.24) is 29.4 Å². The molecule has 0 saturated carbocycles. The van der Waals surface area contributed by atoms with Crippen LogP contribution in [0.5, 0.6) is 5.88 Å². The lowest BCUT2D eigenvalue weighted by atomic mass is 10.0. The number of benzene rings is 2. The minimum absolute atomic E-state index is 0.0320. The van der Waals surface area contributed by atoms with E-state index in [0.29, 0.717) is 33.9 Å². The fourth-order valence-electron chi connectivity index (χ4n) is 4.68. The monoisotopic (exact) mass is 566 g/mol. The second-order valence-electron chi connectivity index (χ2n) is 9.54. The van der Waals surface area contributed by atoms with Gasteiger partial charge >= 0.3 is 0 Å². The van der Waals surface area contributed by atoms with Crippen molar-refractivity contribution in [2.75, 3.05) is 38.4 Å². The molecule has 0 aliphatic heterocycles. The summed E-state index contributed by atoms with van der Waals surface area (Å²) in [5.41, 5.74) is 8.32. The number of aromatic nitrogens is 5. The molecule has 3 heterocycles. The van der Waals surface area contributed by atoms with Gasteiger partial charge < -0.3 is 25.8 Å². The molecule has 214 valence electrons. The lowest BCUT2D eigenvalue weighted by Gasteiger charge is -2.23. The molecule has 0 aliphatic carbocycles. The molecule has 0 aliphatic rings. The van der Waals surface area contributed by atoms with Gasteiger partial charge in [-0.05, 0) is 42.3 Å². The Morgan fingerprint density at radius 1 is 1.12 bits per heavy atom. The average Bonchev–Trinajstić information content (AvgIpc) is 3.01. The van der Waals surface area contributed by atoms with E-state index in [4.69, 9.17) is 15.5 Å². The van der Waals surface area contributed by atoms with Crippen LogP contribution in [0.1, 0.15) is 29.1 Å². The van der Waals surface area contributed by atoms with Gasteiger partial charge in [-0.1, -0.05) is 30.3 Å². The molecule has 5 rings (SSSR count). The highest BCUT2D eigenvalue weighted by molar-refractivity contribution is 5.98. The van der Waals surface area contributed by atoms with Crippen molar-refractivity contribution >= 4 is 28.6 Å². The van der Waals surface area contributed by atoms with E-state index in [1.165, 1.54) is 18.2 Å². The third-order valence-corrected chi connectivity index (χ3v) is 6.75. The van der Waals surface area contributed by atoms with Crippen molar-refractivity contribution < 1.29 is 14.6 Å². The van der Waals surface area contributed by atoms with Crippen LogP contribution in [-0.4, -0.2) is 67.7 Å². The second-order valence-corrected chi connectivity index (χ2v) is 9.54. The molecule has 2 aromatic carbocycles. The first kappa shape index (κ1) is 28.2. The number of amides is 1. The Bertz CT molecular complexity index is 1810. The van der Waals surface area contributed by atoms with E-state index in [1.54, 1.807) is 29.9 Å². The van der Waals surface area contributed by atoms with Crippen molar-refractivity contribution in [3.63, 3.8) is 0 Å². The van der Waals surface area contributed by atoms with Crippen molar-refractivity contribution in [2.24, 2.45) is 0 Å². The minimum Gasteiger partial charge on any atom is -0.481 e. The largest absolute Gasteiger partial charge is 0.481 e. The number of rotatable bonds is 9. The van der Waals surface area contributed by atoms with E-state index < -0.39 is 11.9 Å². The summed E-state index contributed by atoms with van der Waals surface area (Å²) in [6.45, 7) is 1.74. The predicted octanol–water partition coefficient (Wildman–Crippen LogP) is 3.07. The maximum Gasteiger partial charge on any atom is 0.266 e. The first-order valence-corrected chi connectivity index (χ1v) is 13.2. The van der Waals surface area contributed by atoms with Crippen LogP contribution in [-0.2, 0) is 0 Å².